The number of benzene rings is 1. The van der Waals surface area contributed by atoms with E-state index in [9.17, 15) is 0 Å². The molecule has 0 atom stereocenters. The standard InChI is InChI=1S/C26H25N7O/c1-34-22-5-2-4-21(16-22)31-25-15-19(6-10-29-25)24-14-20-17-27-9-7-23(20)26(32-24)30-8-3-12-33-13-11-28-18-33/h2,4-7,9-11,13-18H,3,8,12H2,1H3,(H,29,31)(H,30,32). The number of aryl methyl sites for hydroxylation is 1. The summed E-state index contributed by atoms with van der Waals surface area (Å²) in [5.74, 6) is 2.36. The van der Waals surface area contributed by atoms with Gasteiger partial charge < -0.3 is 19.9 Å². The summed E-state index contributed by atoms with van der Waals surface area (Å²) in [6.45, 7) is 1.70. The van der Waals surface area contributed by atoms with Gasteiger partial charge in [0.2, 0.25) is 0 Å². The molecule has 0 aliphatic rings. The zero-order valence-electron chi connectivity index (χ0n) is 18.8. The first-order valence-corrected chi connectivity index (χ1v) is 11.1. The van der Waals surface area contributed by atoms with Crippen LogP contribution in [0.3, 0.4) is 0 Å². The van der Waals surface area contributed by atoms with Crippen LogP contribution in [0.25, 0.3) is 22.0 Å². The summed E-state index contributed by atoms with van der Waals surface area (Å²) >= 11 is 0. The van der Waals surface area contributed by atoms with E-state index in [2.05, 4.69) is 36.2 Å². The van der Waals surface area contributed by atoms with E-state index < -0.39 is 0 Å². The SMILES string of the molecule is COc1cccc(Nc2cc(-c3cc4cnccc4c(NCCCn4ccnc4)n3)ccn2)c1. The van der Waals surface area contributed by atoms with Crippen LogP contribution in [-0.2, 0) is 6.54 Å². The maximum absolute atomic E-state index is 5.31. The Bertz CT molecular complexity index is 1390. The van der Waals surface area contributed by atoms with E-state index in [1.54, 1.807) is 25.7 Å². The maximum atomic E-state index is 5.31. The van der Waals surface area contributed by atoms with Crippen LogP contribution in [0.5, 0.6) is 5.75 Å². The van der Waals surface area contributed by atoms with E-state index in [0.717, 1.165) is 64.6 Å². The third kappa shape index (κ3) is 4.96. The number of hydrogen-bond acceptors (Lipinski definition) is 7. The Balaban J connectivity index is 1.39. The van der Waals surface area contributed by atoms with Gasteiger partial charge in [-0.2, -0.15) is 0 Å². The van der Waals surface area contributed by atoms with Gasteiger partial charge in [-0.1, -0.05) is 6.07 Å². The van der Waals surface area contributed by atoms with Crippen LogP contribution in [0.1, 0.15) is 6.42 Å². The molecule has 5 rings (SSSR count). The highest BCUT2D eigenvalue weighted by atomic mass is 16.5. The largest absolute Gasteiger partial charge is 0.497 e. The summed E-state index contributed by atoms with van der Waals surface area (Å²) in [7, 11) is 1.65. The van der Waals surface area contributed by atoms with Crippen molar-refractivity contribution in [1.82, 2.24) is 24.5 Å². The molecule has 0 aliphatic carbocycles. The van der Waals surface area contributed by atoms with Gasteiger partial charge in [0.05, 0.1) is 19.1 Å². The van der Waals surface area contributed by atoms with Gasteiger partial charge in [-0.3, -0.25) is 4.98 Å². The van der Waals surface area contributed by atoms with E-state index in [-0.39, 0.29) is 0 Å². The molecule has 170 valence electrons. The predicted molar refractivity (Wildman–Crippen MR) is 134 cm³/mol. The zero-order chi connectivity index (χ0) is 23.2. The number of nitrogens with one attached hydrogen (secondary N) is 2. The molecule has 2 N–H and O–H groups in total. The lowest BCUT2D eigenvalue weighted by atomic mass is 10.1. The predicted octanol–water partition coefficient (Wildman–Crippen LogP) is 5.14. The van der Waals surface area contributed by atoms with Crippen LogP contribution in [0.15, 0.2) is 85.8 Å². The van der Waals surface area contributed by atoms with Crippen LogP contribution in [0.2, 0.25) is 0 Å². The highest BCUT2D eigenvalue weighted by Crippen LogP contribution is 2.29. The number of ether oxygens (including phenoxy) is 1. The van der Waals surface area contributed by atoms with Gasteiger partial charge >= 0.3 is 0 Å². The lowest BCUT2D eigenvalue weighted by Crippen LogP contribution is -2.08. The molecule has 5 aromatic rings. The van der Waals surface area contributed by atoms with E-state index in [1.807, 2.05) is 61.2 Å². The Labute approximate surface area is 197 Å². The van der Waals surface area contributed by atoms with E-state index in [0.29, 0.717) is 0 Å². The van der Waals surface area contributed by atoms with Crippen molar-refractivity contribution < 1.29 is 4.74 Å². The van der Waals surface area contributed by atoms with Crippen LogP contribution in [0.4, 0.5) is 17.3 Å². The Morgan fingerprint density at radius 3 is 2.85 bits per heavy atom. The molecule has 0 unspecified atom stereocenters. The lowest BCUT2D eigenvalue weighted by molar-refractivity contribution is 0.415. The first-order chi connectivity index (χ1) is 16.8. The van der Waals surface area contributed by atoms with Gasteiger partial charge in [0, 0.05) is 72.2 Å². The molecule has 0 aliphatic heterocycles. The van der Waals surface area contributed by atoms with Gasteiger partial charge in [-0.25, -0.2) is 15.0 Å². The monoisotopic (exact) mass is 451 g/mol. The van der Waals surface area contributed by atoms with Gasteiger partial charge in [0.1, 0.15) is 17.4 Å². The van der Waals surface area contributed by atoms with E-state index >= 15 is 0 Å². The molecule has 1 aromatic carbocycles. The molecule has 4 heterocycles. The Morgan fingerprint density at radius 1 is 1.00 bits per heavy atom. The zero-order valence-corrected chi connectivity index (χ0v) is 18.8. The summed E-state index contributed by atoms with van der Waals surface area (Å²) in [6, 6.07) is 15.8. The Kier molecular flexibility index (Phi) is 6.29. The molecule has 0 saturated heterocycles. The summed E-state index contributed by atoms with van der Waals surface area (Å²) in [5.41, 5.74) is 2.72. The molecule has 4 aromatic heterocycles. The van der Waals surface area contributed by atoms with Gasteiger partial charge in [-0.15, -0.1) is 0 Å². The van der Waals surface area contributed by atoms with Crippen molar-refractivity contribution in [2.45, 2.75) is 13.0 Å². The molecule has 8 heteroatoms. The fraction of sp³-hybridized carbons (Fsp3) is 0.154. The van der Waals surface area contributed by atoms with Crippen molar-refractivity contribution in [2.24, 2.45) is 0 Å². The van der Waals surface area contributed by atoms with Crippen molar-refractivity contribution >= 4 is 28.1 Å². The molecule has 0 amide bonds. The third-order valence-corrected chi connectivity index (χ3v) is 5.47. The topological polar surface area (TPSA) is 89.8 Å². The summed E-state index contributed by atoms with van der Waals surface area (Å²) in [4.78, 5) is 17.8. The fourth-order valence-corrected chi connectivity index (χ4v) is 3.77. The van der Waals surface area contributed by atoms with Crippen molar-refractivity contribution in [3.8, 4) is 17.0 Å². The average molecular weight is 452 g/mol. The molecular weight excluding hydrogens is 426 g/mol. The molecule has 0 saturated carbocycles. The second kappa shape index (κ2) is 9.99. The molecule has 0 fully saturated rings. The third-order valence-electron chi connectivity index (χ3n) is 5.47. The maximum Gasteiger partial charge on any atom is 0.134 e. The highest BCUT2D eigenvalue weighted by Gasteiger charge is 2.09. The van der Waals surface area contributed by atoms with Crippen LogP contribution in [-0.4, -0.2) is 38.2 Å². The minimum atomic E-state index is 0.730. The van der Waals surface area contributed by atoms with Crippen molar-refractivity contribution in [3.05, 3.63) is 85.8 Å². The second-order valence-electron chi connectivity index (χ2n) is 7.82. The number of hydrogen-bond donors (Lipinski definition) is 2. The number of nitrogens with zero attached hydrogens (tertiary/aromatic N) is 5. The number of fused-ring (bicyclic) bond motifs is 1. The minimum absolute atomic E-state index is 0.730. The summed E-state index contributed by atoms with van der Waals surface area (Å²) < 4.78 is 7.38. The summed E-state index contributed by atoms with van der Waals surface area (Å²) in [5, 5.41) is 8.93. The smallest absolute Gasteiger partial charge is 0.134 e. The van der Waals surface area contributed by atoms with E-state index in [1.165, 1.54) is 0 Å². The first kappa shape index (κ1) is 21.4. The van der Waals surface area contributed by atoms with Crippen molar-refractivity contribution in [1.29, 1.82) is 0 Å². The fourth-order valence-electron chi connectivity index (χ4n) is 3.77. The Hall–Kier alpha value is -4.46. The van der Waals surface area contributed by atoms with Gasteiger partial charge in [0.25, 0.3) is 0 Å². The number of rotatable bonds is 9. The normalized spacial score (nSPS) is 10.9. The number of methoxy groups -OCH3 is 1. The number of imidazole rings is 1. The molecule has 34 heavy (non-hydrogen) atoms. The molecule has 8 nitrogen and oxygen atoms in total. The minimum Gasteiger partial charge on any atom is -0.497 e. The number of anilines is 3. The van der Waals surface area contributed by atoms with Crippen molar-refractivity contribution in [3.63, 3.8) is 0 Å². The number of aromatic nitrogens is 5. The number of pyridine rings is 3. The summed E-state index contributed by atoms with van der Waals surface area (Å²) in [6.07, 6.45) is 12.0. The van der Waals surface area contributed by atoms with Crippen LogP contribution in [0, 0.1) is 0 Å². The second-order valence-corrected chi connectivity index (χ2v) is 7.82. The van der Waals surface area contributed by atoms with Crippen LogP contribution < -0.4 is 15.4 Å². The van der Waals surface area contributed by atoms with Crippen molar-refractivity contribution in [2.75, 3.05) is 24.3 Å². The first-order valence-electron chi connectivity index (χ1n) is 11.1. The highest BCUT2D eigenvalue weighted by molar-refractivity contribution is 5.94. The molecule has 0 bridgehead atoms. The van der Waals surface area contributed by atoms with E-state index in [4.69, 9.17) is 9.72 Å². The van der Waals surface area contributed by atoms with Gasteiger partial charge in [0.15, 0.2) is 0 Å². The van der Waals surface area contributed by atoms with Gasteiger partial charge in [-0.05, 0) is 42.8 Å². The molecular formula is C26H25N7O. The Morgan fingerprint density at radius 2 is 1.97 bits per heavy atom. The van der Waals surface area contributed by atoms with Crippen LogP contribution >= 0.6 is 0 Å². The average Bonchev–Trinajstić information content (AvgIpc) is 3.40. The molecule has 0 spiro atoms. The quantitative estimate of drug-likeness (QED) is 0.300. The lowest BCUT2D eigenvalue weighted by Gasteiger charge is -2.13. The molecule has 0 radical (unpaired) electrons.